The molecule has 0 saturated carbocycles. The zero-order chi connectivity index (χ0) is 9.72. The Morgan fingerprint density at radius 1 is 1.17 bits per heavy atom. The van der Waals surface area contributed by atoms with Gasteiger partial charge in [0, 0.05) is 6.04 Å². The number of amides is 1. The van der Waals surface area contributed by atoms with E-state index in [1.807, 2.05) is 0 Å². The molecule has 0 radical (unpaired) electrons. The normalized spacial score (nSPS) is 10.2. The number of esters is 1. The predicted octanol–water partition coefficient (Wildman–Crippen LogP) is 0.463. The lowest BCUT2D eigenvalue weighted by molar-refractivity contribution is -0.157. The lowest BCUT2D eigenvalue weighted by Gasteiger charge is -2.09. The molecule has 0 aromatic carbocycles. The predicted molar refractivity (Wildman–Crippen MR) is 44.5 cm³/mol. The van der Waals surface area contributed by atoms with Crippen molar-refractivity contribution < 1.29 is 14.3 Å². The van der Waals surface area contributed by atoms with Gasteiger partial charge in [-0.25, -0.2) is 4.79 Å². The zero-order valence-electron chi connectivity index (χ0n) is 7.88. The average Bonchev–Trinajstić information content (AvgIpc) is 1.84. The molecule has 0 aliphatic heterocycles. The van der Waals surface area contributed by atoms with Crippen molar-refractivity contribution in [2.45, 2.75) is 39.8 Å². The lowest BCUT2D eigenvalue weighted by atomic mass is 10.4. The third-order valence-corrected chi connectivity index (χ3v) is 0.948. The molecule has 1 amide bonds. The Morgan fingerprint density at radius 3 is 2.00 bits per heavy atom. The fourth-order valence-corrected chi connectivity index (χ4v) is 0.589. The van der Waals surface area contributed by atoms with Gasteiger partial charge >= 0.3 is 11.9 Å². The Labute approximate surface area is 72.3 Å². The summed E-state index contributed by atoms with van der Waals surface area (Å²) in [4.78, 5) is 21.8. The molecule has 0 aliphatic rings. The summed E-state index contributed by atoms with van der Waals surface area (Å²) in [7, 11) is 0. The maximum Gasteiger partial charge on any atom is 0.397 e. The van der Waals surface area contributed by atoms with Crippen molar-refractivity contribution >= 4 is 11.9 Å². The van der Waals surface area contributed by atoms with E-state index in [2.05, 4.69) is 10.1 Å². The highest BCUT2D eigenvalue weighted by Gasteiger charge is 2.16. The molecule has 0 heterocycles. The number of rotatable bonds is 2. The summed E-state index contributed by atoms with van der Waals surface area (Å²) in [6.45, 7) is 6.95. The van der Waals surface area contributed by atoms with Crippen LogP contribution in [-0.2, 0) is 14.3 Å². The first kappa shape index (κ1) is 10.9. The smallest absolute Gasteiger partial charge is 0.397 e. The van der Waals surface area contributed by atoms with Gasteiger partial charge in [-0.1, -0.05) is 0 Å². The average molecular weight is 173 g/mol. The SMILES string of the molecule is CC(C)NC(=O)C(=O)OC(C)C. The largest absolute Gasteiger partial charge is 0.456 e. The van der Waals surface area contributed by atoms with Gasteiger partial charge in [-0.3, -0.25) is 4.79 Å². The summed E-state index contributed by atoms with van der Waals surface area (Å²) < 4.78 is 4.66. The summed E-state index contributed by atoms with van der Waals surface area (Å²) in [6, 6.07) is -0.0442. The number of carbonyl (C=O) groups is 2. The minimum absolute atomic E-state index is 0.0442. The Bertz CT molecular complexity index is 155. The minimum atomic E-state index is -0.821. The summed E-state index contributed by atoms with van der Waals surface area (Å²) in [5.41, 5.74) is 0. The summed E-state index contributed by atoms with van der Waals surface area (Å²) in [5, 5.41) is 2.43. The van der Waals surface area contributed by atoms with Crippen LogP contribution in [0.5, 0.6) is 0 Å². The third kappa shape index (κ3) is 4.71. The van der Waals surface area contributed by atoms with Gasteiger partial charge in [0.15, 0.2) is 0 Å². The van der Waals surface area contributed by atoms with Gasteiger partial charge in [-0.05, 0) is 27.7 Å². The molecule has 0 rings (SSSR count). The van der Waals surface area contributed by atoms with E-state index in [1.54, 1.807) is 27.7 Å². The van der Waals surface area contributed by atoms with Gasteiger partial charge in [0.2, 0.25) is 0 Å². The van der Waals surface area contributed by atoms with E-state index in [0.717, 1.165) is 0 Å². The molecule has 12 heavy (non-hydrogen) atoms. The van der Waals surface area contributed by atoms with Crippen LogP contribution in [0.2, 0.25) is 0 Å². The zero-order valence-corrected chi connectivity index (χ0v) is 7.88. The van der Waals surface area contributed by atoms with Crippen molar-refractivity contribution in [2.75, 3.05) is 0 Å². The lowest BCUT2D eigenvalue weighted by Crippen LogP contribution is -2.37. The van der Waals surface area contributed by atoms with Gasteiger partial charge in [0.05, 0.1) is 6.10 Å². The molecule has 4 heteroatoms. The molecule has 0 fully saturated rings. The first-order chi connectivity index (χ1) is 5.43. The molecule has 0 spiro atoms. The van der Waals surface area contributed by atoms with E-state index in [4.69, 9.17) is 0 Å². The van der Waals surface area contributed by atoms with E-state index in [1.165, 1.54) is 0 Å². The number of hydrogen-bond acceptors (Lipinski definition) is 3. The van der Waals surface area contributed by atoms with E-state index < -0.39 is 11.9 Å². The first-order valence-electron chi connectivity index (χ1n) is 3.95. The summed E-state index contributed by atoms with van der Waals surface area (Å²) >= 11 is 0. The van der Waals surface area contributed by atoms with Crippen LogP contribution in [0.3, 0.4) is 0 Å². The molecule has 0 aromatic heterocycles. The van der Waals surface area contributed by atoms with Crippen LogP contribution in [0, 0.1) is 0 Å². The minimum Gasteiger partial charge on any atom is -0.456 e. The standard InChI is InChI=1S/C8H15NO3/c1-5(2)9-7(10)8(11)12-6(3)4/h5-6H,1-4H3,(H,9,10). The van der Waals surface area contributed by atoms with Gasteiger partial charge < -0.3 is 10.1 Å². The fraction of sp³-hybridized carbons (Fsp3) is 0.750. The van der Waals surface area contributed by atoms with Gasteiger partial charge in [0.25, 0.3) is 0 Å². The second kappa shape index (κ2) is 4.74. The number of carbonyl (C=O) groups excluding carboxylic acids is 2. The quantitative estimate of drug-likeness (QED) is 0.487. The Balaban J connectivity index is 3.86. The van der Waals surface area contributed by atoms with Crippen molar-refractivity contribution in [3.8, 4) is 0 Å². The van der Waals surface area contributed by atoms with Crippen molar-refractivity contribution in [2.24, 2.45) is 0 Å². The second-order valence-corrected chi connectivity index (χ2v) is 3.08. The molecule has 0 atom stereocenters. The number of hydrogen-bond donors (Lipinski definition) is 1. The maximum atomic E-state index is 10.9. The first-order valence-corrected chi connectivity index (χ1v) is 3.95. The van der Waals surface area contributed by atoms with Crippen LogP contribution < -0.4 is 5.32 Å². The molecule has 0 unspecified atom stereocenters. The van der Waals surface area contributed by atoms with Crippen molar-refractivity contribution in [3.63, 3.8) is 0 Å². The highest BCUT2D eigenvalue weighted by Crippen LogP contribution is 1.89. The van der Waals surface area contributed by atoms with Crippen LogP contribution >= 0.6 is 0 Å². The number of ether oxygens (including phenoxy) is 1. The van der Waals surface area contributed by atoms with Crippen molar-refractivity contribution in [1.29, 1.82) is 0 Å². The molecule has 1 N–H and O–H groups in total. The fourth-order valence-electron chi connectivity index (χ4n) is 0.589. The van der Waals surface area contributed by atoms with E-state index in [9.17, 15) is 9.59 Å². The molecule has 4 nitrogen and oxygen atoms in total. The monoisotopic (exact) mass is 173 g/mol. The van der Waals surface area contributed by atoms with Crippen LogP contribution in [-0.4, -0.2) is 24.0 Å². The maximum absolute atomic E-state index is 10.9. The third-order valence-electron chi connectivity index (χ3n) is 0.948. The van der Waals surface area contributed by atoms with Crippen LogP contribution in [0.1, 0.15) is 27.7 Å². The second-order valence-electron chi connectivity index (χ2n) is 3.08. The molecule has 0 aromatic rings. The number of nitrogens with one attached hydrogen (secondary N) is 1. The van der Waals surface area contributed by atoms with Crippen LogP contribution in [0.15, 0.2) is 0 Å². The Kier molecular flexibility index (Phi) is 4.33. The highest BCUT2D eigenvalue weighted by molar-refractivity contribution is 6.32. The van der Waals surface area contributed by atoms with E-state index in [-0.39, 0.29) is 12.1 Å². The molecule has 0 bridgehead atoms. The van der Waals surface area contributed by atoms with Crippen molar-refractivity contribution in [3.05, 3.63) is 0 Å². The summed E-state index contributed by atoms with van der Waals surface area (Å²) in [5.74, 6) is -1.50. The molecule has 0 saturated heterocycles. The van der Waals surface area contributed by atoms with Gasteiger partial charge in [-0.2, -0.15) is 0 Å². The van der Waals surface area contributed by atoms with E-state index >= 15 is 0 Å². The topological polar surface area (TPSA) is 55.4 Å². The summed E-state index contributed by atoms with van der Waals surface area (Å²) in [6.07, 6.45) is -0.254. The molecular formula is C8H15NO3. The van der Waals surface area contributed by atoms with Crippen LogP contribution in [0.4, 0.5) is 0 Å². The van der Waals surface area contributed by atoms with E-state index in [0.29, 0.717) is 0 Å². The molecule has 70 valence electrons. The van der Waals surface area contributed by atoms with Crippen molar-refractivity contribution in [1.82, 2.24) is 5.32 Å². The molecule has 0 aliphatic carbocycles. The van der Waals surface area contributed by atoms with Gasteiger partial charge in [-0.15, -0.1) is 0 Å². The van der Waals surface area contributed by atoms with Gasteiger partial charge in [0.1, 0.15) is 0 Å². The highest BCUT2D eigenvalue weighted by atomic mass is 16.5. The Morgan fingerprint density at radius 2 is 1.67 bits per heavy atom. The Hall–Kier alpha value is -1.06. The van der Waals surface area contributed by atoms with Crippen LogP contribution in [0.25, 0.3) is 0 Å². The molecular weight excluding hydrogens is 158 g/mol.